The molecule has 0 spiro atoms. The van der Waals surface area contributed by atoms with Crippen molar-refractivity contribution in [3.8, 4) is 0 Å². The molecule has 1 aliphatic rings. The summed E-state index contributed by atoms with van der Waals surface area (Å²) in [6.45, 7) is 2.03. The third kappa shape index (κ3) is 8.04. The number of benzene rings is 3. The minimum atomic E-state index is 0.398. The average molecular weight is 453 g/mol. The topological polar surface area (TPSA) is 48.1 Å². The number of anilines is 5. The largest absolute Gasteiger partial charge is 0.385 e. The van der Waals surface area contributed by atoms with Crippen LogP contribution in [0.5, 0.6) is 0 Å². The second-order valence-electron chi connectivity index (χ2n) is 8.71. The van der Waals surface area contributed by atoms with Gasteiger partial charge in [0, 0.05) is 47.6 Å². The number of nitrogens with one attached hydrogen (secondary N) is 4. The van der Waals surface area contributed by atoms with E-state index in [9.17, 15) is 0 Å². The fraction of sp³-hybridized carbons (Fsp3) is 0.267. The van der Waals surface area contributed by atoms with Crippen LogP contribution < -0.4 is 21.3 Å². The smallest absolute Gasteiger partial charge is 0.0482 e. The molecular formula is C30H36N4. The van der Waals surface area contributed by atoms with Crippen LogP contribution in [-0.4, -0.2) is 19.1 Å². The lowest BCUT2D eigenvalue weighted by molar-refractivity contribution is 0.670. The molecule has 0 aliphatic heterocycles. The third-order valence-electron chi connectivity index (χ3n) is 5.93. The average Bonchev–Trinajstić information content (AvgIpc) is 2.89. The lowest BCUT2D eigenvalue weighted by Crippen LogP contribution is -2.16. The predicted molar refractivity (Wildman–Crippen MR) is 148 cm³/mol. The van der Waals surface area contributed by atoms with Gasteiger partial charge in [0.2, 0.25) is 0 Å². The van der Waals surface area contributed by atoms with Gasteiger partial charge in [-0.05, 0) is 79.9 Å². The highest BCUT2D eigenvalue weighted by Crippen LogP contribution is 2.19. The van der Waals surface area contributed by atoms with Crippen molar-refractivity contribution in [2.45, 2.75) is 38.1 Å². The second kappa shape index (κ2) is 13.1. The van der Waals surface area contributed by atoms with Crippen LogP contribution in [0.4, 0.5) is 28.4 Å². The Morgan fingerprint density at radius 1 is 0.559 bits per heavy atom. The zero-order valence-electron chi connectivity index (χ0n) is 19.8. The summed E-state index contributed by atoms with van der Waals surface area (Å²) in [7, 11) is 0. The highest BCUT2D eigenvalue weighted by molar-refractivity contribution is 5.62. The molecule has 4 rings (SSSR count). The van der Waals surface area contributed by atoms with Crippen LogP contribution in [0, 0.1) is 0 Å². The Kier molecular flexibility index (Phi) is 9.08. The maximum Gasteiger partial charge on any atom is 0.0482 e. The molecule has 34 heavy (non-hydrogen) atoms. The van der Waals surface area contributed by atoms with Gasteiger partial charge >= 0.3 is 0 Å². The molecule has 1 aliphatic carbocycles. The molecule has 0 bridgehead atoms. The minimum absolute atomic E-state index is 0.398. The normalized spacial score (nSPS) is 14.5. The molecule has 0 amide bonds. The number of allylic oxidation sites excluding steroid dienone is 2. The second-order valence-corrected chi connectivity index (χ2v) is 8.71. The summed E-state index contributed by atoms with van der Waals surface area (Å²) in [5, 5.41) is 14.0. The summed E-state index contributed by atoms with van der Waals surface area (Å²) in [4.78, 5) is 0. The van der Waals surface area contributed by atoms with E-state index in [1.807, 2.05) is 18.2 Å². The molecule has 1 unspecified atom stereocenters. The molecule has 4 nitrogen and oxygen atoms in total. The van der Waals surface area contributed by atoms with E-state index in [1.54, 1.807) is 0 Å². The molecule has 0 saturated carbocycles. The Bertz CT molecular complexity index is 1020. The molecule has 1 atom stereocenters. The summed E-state index contributed by atoms with van der Waals surface area (Å²) in [6, 6.07) is 27.8. The van der Waals surface area contributed by atoms with Crippen molar-refractivity contribution >= 4 is 28.4 Å². The lowest BCUT2D eigenvalue weighted by Gasteiger charge is -2.17. The Hall–Kier alpha value is -3.66. The Balaban J connectivity index is 1.03. The summed E-state index contributed by atoms with van der Waals surface area (Å²) in [6.07, 6.45) is 14.5. The van der Waals surface area contributed by atoms with Crippen LogP contribution in [0.2, 0.25) is 0 Å². The third-order valence-corrected chi connectivity index (χ3v) is 5.93. The van der Waals surface area contributed by atoms with Gasteiger partial charge in [-0.3, -0.25) is 0 Å². The number of para-hydroxylation sites is 1. The molecule has 176 valence electrons. The van der Waals surface area contributed by atoms with E-state index < -0.39 is 0 Å². The van der Waals surface area contributed by atoms with Crippen LogP contribution in [0.15, 0.2) is 103 Å². The summed E-state index contributed by atoms with van der Waals surface area (Å²) < 4.78 is 0. The highest BCUT2D eigenvalue weighted by Gasteiger charge is 2.04. The molecular weight excluding hydrogens is 416 g/mol. The lowest BCUT2D eigenvalue weighted by atomic mass is 10.1. The van der Waals surface area contributed by atoms with Crippen LogP contribution in [-0.2, 0) is 0 Å². The van der Waals surface area contributed by atoms with Crippen molar-refractivity contribution in [2.24, 2.45) is 0 Å². The Labute approximate surface area is 204 Å². The molecule has 0 heterocycles. The molecule has 3 aromatic rings. The first kappa shape index (κ1) is 23.5. The Morgan fingerprint density at radius 2 is 1.12 bits per heavy atom. The van der Waals surface area contributed by atoms with Gasteiger partial charge in [0.15, 0.2) is 0 Å². The first-order valence-corrected chi connectivity index (χ1v) is 12.4. The van der Waals surface area contributed by atoms with Gasteiger partial charge in [0.1, 0.15) is 0 Å². The van der Waals surface area contributed by atoms with Gasteiger partial charge in [-0.1, -0.05) is 55.3 Å². The number of rotatable bonds is 13. The number of hydrogen-bond donors (Lipinski definition) is 4. The van der Waals surface area contributed by atoms with E-state index in [0.717, 1.165) is 30.9 Å². The van der Waals surface area contributed by atoms with Gasteiger partial charge in [0.05, 0.1) is 0 Å². The number of unbranched alkanes of at least 4 members (excludes halogenated alkanes) is 3. The van der Waals surface area contributed by atoms with E-state index in [1.165, 1.54) is 42.7 Å². The zero-order chi connectivity index (χ0) is 23.3. The monoisotopic (exact) mass is 452 g/mol. The zero-order valence-corrected chi connectivity index (χ0v) is 19.8. The van der Waals surface area contributed by atoms with Gasteiger partial charge in [-0.15, -0.1) is 0 Å². The summed E-state index contributed by atoms with van der Waals surface area (Å²) in [5.74, 6) is 0. The standard InChI is InChI=1S/C30H36N4/c1(9-23-31-25-15-19-29(20-16-25)33-27-11-5-3-6-12-27)2-10-24-32-26-17-21-30(22-18-26)34-28-13-7-4-8-14-28/h3-8,11-13,15-22,28,31-34H,1-2,9-10,14,23-24H2. The van der Waals surface area contributed by atoms with Crippen molar-refractivity contribution in [3.05, 3.63) is 103 Å². The van der Waals surface area contributed by atoms with Gasteiger partial charge in [-0.2, -0.15) is 0 Å². The molecule has 3 aromatic carbocycles. The van der Waals surface area contributed by atoms with Crippen molar-refractivity contribution in [2.75, 3.05) is 34.4 Å². The van der Waals surface area contributed by atoms with E-state index in [-0.39, 0.29) is 0 Å². The van der Waals surface area contributed by atoms with E-state index in [4.69, 9.17) is 0 Å². The van der Waals surface area contributed by atoms with Crippen molar-refractivity contribution < 1.29 is 0 Å². The van der Waals surface area contributed by atoms with Crippen LogP contribution in [0.25, 0.3) is 0 Å². The maximum absolute atomic E-state index is 3.55. The van der Waals surface area contributed by atoms with Crippen LogP contribution in [0.3, 0.4) is 0 Å². The van der Waals surface area contributed by atoms with E-state index >= 15 is 0 Å². The van der Waals surface area contributed by atoms with Crippen LogP contribution >= 0.6 is 0 Å². The Morgan fingerprint density at radius 3 is 1.71 bits per heavy atom. The molecule has 0 aromatic heterocycles. The molecule has 4 heteroatoms. The van der Waals surface area contributed by atoms with Crippen molar-refractivity contribution in [1.29, 1.82) is 0 Å². The fourth-order valence-corrected chi connectivity index (χ4v) is 4.01. The fourth-order valence-electron chi connectivity index (χ4n) is 4.01. The predicted octanol–water partition coefficient (Wildman–Crippen LogP) is 7.81. The van der Waals surface area contributed by atoms with Crippen molar-refractivity contribution in [3.63, 3.8) is 0 Å². The van der Waals surface area contributed by atoms with Crippen molar-refractivity contribution in [1.82, 2.24) is 0 Å². The molecule has 0 saturated heterocycles. The highest BCUT2D eigenvalue weighted by atomic mass is 14.9. The molecule has 4 N–H and O–H groups in total. The van der Waals surface area contributed by atoms with Gasteiger partial charge in [-0.25, -0.2) is 0 Å². The van der Waals surface area contributed by atoms with Gasteiger partial charge in [0.25, 0.3) is 0 Å². The van der Waals surface area contributed by atoms with Gasteiger partial charge < -0.3 is 21.3 Å². The quantitative estimate of drug-likeness (QED) is 0.200. The molecule has 0 fully saturated rings. The summed E-state index contributed by atoms with van der Waals surface area (Å²) in [5.41, 5.74) is 5.75. The maximum atomic E-state index is 3.55. The van der Waals surface area contributed by atoms with Crippen LogP contribution in [0.1, 0.15) is 32.1 Å². The minimum Gasteiger partial charge on any atom is -0.385 e. The summed E-state index contributed by atoms with van der Waals surface area (Å²) >= 11 is 0. The first-order chi connectivity index (χ1) is 16.8. The van der Waals surface area contributed by atoms with E-state index in [2.05, 4.69) is 106 Å². The molecule has 0 radical (unpaired) electrons. The number of hydrogen-bond acceptors (Lipinski definition) is 4. The van der Waals surface area contributed by atoms with E-state index in [0.29, 0.717) is 6.04 Å². The SMILES string of the molecule is C1=CCC(Nc2ccc(NCCCCCCNc3ccc(Nc4ccccc4)cc3)cc2)C=C1. The first-order valence-electron chi connectivity index (χ1n) is 12.4.